The molecule has 1 rings (SSSR count). The summed E-state index contributed by atoms with van der Waals surface area (Å²) in [7, 11) is 0. The molecule has 12 heavy (non-hydrogen) atoms. The van der Waals surface area contributed by atoms with Gasteiger partial charge in [0.1, 0.15) is 0 Å². The second kappa shape index (κ2) is 3.81. The average Bonchev–Trinajstić information content (AvgIpc) is 2.06. The van der Waals surface area contributed by atoms with E-state index >= 15 is 0 Å². The van der Waals surface area contributed by atoms with Crippen LogP contribution in [-0.4, -0.2) is 0 Å². The summed E-state index contributed by atoms with van der Waals surface area (Å²) in [5.74, 6) is -1.82. The van der Waals surface area contributed by atoms with Gasteiger partial charge in [0.15, 0.2) is 11.6 Å². The lowest BCUT2D eigenvalue weighted by Gasteiger charge is -2.01. The Morgan fingerprint density at radius 2 is 2.08 bits per heavy atom. The Morgan fingerprint density at radius 1 is 1.42 bits per heavy atom. The van der Waals surface area contributed by atoms with Crippen LogP contribution in [0.15, 0.2) is 12.1 Å². The van der Waals surface area contributed by atoms with Gasteiger partial charge in [-0.05, 0) is 34.7 Å². The second-order valence-electron chi connectivity index (χ2n) is 2.16. The number of benzene rings is 1. The monoisotopic (exact) mass is 279 g/mol. The molecule has 0 amide bonds. The van der Waals surface area contributed by atoms with Gasteiger partial charge in [0.25, 0.3) is 0 Å². The molecule has 0 atom stereocenters. The highest BCUT2D eigenvalue weighted by atomic mass is 127. The van der Waals surface area contributed by atoms with Crippen molar-refractivity contribution in [2.45, 2.75) is 6.42 Å². The van der Waals surface area contributed by atoms with Crippen LogP contribution in [0.5, 0.6) is 0 Å². The van der Waals surface area contributed by atoms with E-state index in [2.05, 4.69) is 0 Å². The third kappa shape index (κ3) is 1.72. The van der Waals surface area contributed by atoms with Crippen molar-refractivity contribution in [3.8, 4) is 6.07 Å². The van der Waals surface area contributed by atoms with Gasteiger partial charge in [-0.15, -0.1) is 0 Å². The minimum absolute atomic E-state index is 0.0954. The maximum Gasteiger partial charge on any atom is 0.164 e. The minimum atomic E-state index is -0.913. The van der Waals surface area contributed by atoms with Gasteiger partial charge in [0.2, 0.25) is 0 Å². The van der Waals surface area contributed by atoms with Crippen molar-refractivity contribution >= 4 is 22.6 Å². The number of rotatable bonds is 1. The summed E-state index contributed by atoms with van der Waals surface area (Å²) in [6, 6.07) is 4.29. The maximum atomic E-state index is 12.9. The fourth-order valence-electron chi connectivity index (χ4n) is 0.810. The molecular weight excluding hydrogens is 275 g/mol. The Kier molecular flexibility index (Phi) is 2.98. The first-order valence-electron chi connectivity index (χ1n) is 3.16. The van der Waals surface area contributed by atoms with Crippen LogP contribution in [0.2, 0.25) is 0 Å². The smallest absolute Gasteiger partial charge is 0.164 e. The van der Waals surface area contributed by atoms with E-state index in [9.17, 15) is 8.78 Å². The van der Waals surface area contributed by atoms with Gasteiger partial charge in [0.05, 0.1) is 12.5 Å². The fourth-order valence-corrected chi connectivity index (χ4v) is 1.42. The van der Waals surface area contributed by atoms with E-state index in [1.807, 2.05) is 22.6 Å². The fraction of sp³-hybridized carbons (Fsp3) is 0.125. The Bertz CT molecular complexity index is 344. The first kappa shape index (κ1) is 9.39. The zero-order valence-electron chi connectivity index (χ0n) is 5.94. The molecule has 0 spiro atoms. The zero-order valence-corrected chi connectivity index (χ0v) is 8.10. The summed E-state index contributed by atoms with van der Waals surface area (Å²) in [4.78, 5) is 0. The number of halogens is 3. The molecule has 0 aliphatic heterocycles. The summed E-state index contributed by atoms with van der Waals surface area (Å²) in [5, 5.41) is 8.32. The highest BCUT2D eigenvalue weighted by Crippen LogP contribution is 2.18. The molecule has 0 aromatic heterocycles. The quantitative estimate of drug-likeness (QED) is 0.572. The van der Waals surface area contributed by atoms with Gasteiger partial charge in [-0.25, -0.2) is 8.78 Å². The number of hydrogen-bond acceptors (Lipinski definition) is 1. The molecule has 0 saturated heterocycles. The summed E-state index contributed by atoms with van der Waals surface area (Å²) >= 11 is 1.87. The van der Waals surface area contributed by atoms with E-state index in [0.29, 0.717) is 3.57 Å². The lowest BCUT2D eigenvalue weighted by atomic mass is 10.1. The third-order valence-electron chi connectivity index (χ3n) is 1.39. The molecule has 0 saturated carbocycles. The van der Waals surface area contributed by atoms with Crippen LogP contribution in [-0.2, 0) is 6.42 Å². The third-order valence-corrected chi connectivity index (χ3v) is 2.41. The van der Waals surface area contributed by atoms with Crippen LogP contribution in [0.4, 0.5) is 8.78 Å². The molecule has 0 fully saturated rings. The average molecular weight is 279 g/mol. The van der Waals surface area contributed by atoms with Gasteiger partial charge < -0.3 is 0 Å². The van der Waals surface area contributed by atoms with Crippen LogP contribution < -0.4 is 0 Å². The normalized spacial score (nSPS) is 9.50. The number of hydrogen-bond donors (Lipinski definition) is 0. The zero-order chi connectivity index (χ0) is 9.14. The van der Waals surface area contributed by atoms with Crippen LogP contribution in [0.1, 0.15) is 5.56 Å². The summed E-state index contributed by atoms with van der Waals surface area (Å²) in [6.07, 6.45) is -0.0954. The molecule has 62 valence electrons. The molecule has 0 radical (unpaired) electrons. The predicted molar refractivity (Wildman–Crippen MR) is 48.4 cm³/mol. The van der Waals surface area contributed by atoms with Crippen molar-refractivity contribution in [2.24, 2.45) is 0 Å². The predicted octanol–water partition coefficient (Wildman–Crippen LogP) is 2.64. The van der Waals surface area contributed by atoms with Gasteiger partial charge in [0, 0.05) is 9.13 Å². The SMILES string of the molecule is N#CCc1c(I)ccc(F)c1F. The Hall–Kier alpha value is -0.700. The summed E-state index contributed by atoms with van der Waals surface area (Å²) in [6.45, 7) is 0. The van der Waals surface area contributed by atoms with E-state index in [-0.39, 0.29) is 12.0 Å². The number of nitriles is 1. The van der Waals surface area contributed by atoms with Crippen molar-refractivity contribution in [1.82, 2.24) is 0 Å². The molecule has 0 aliphatic carbocycles. The standard InChI is InChI=1S/C8H4F2IN/c9-6-1-2-7(11)5(3-4-12)8(6)10/h1-2H,3H2. The molecule has 1 aromatic rings. The lowest BCUT2D eigenvalue weighted by Crippen LogP contribution is -1.96. The molecule has 0 heterocycles. The minimum Gasteiger partial charge on any atom is -0.204 e. The van der Waals surface area contributed by atoms with E-state index in [4.69, 9.17) is 5.26 Å². The van der Waals surface area contributed by atoms with E-state index in [1.54, 1.807) is 6.07 Å². The van der Waals surface area contributed by atoms with Gasteiger partial charge in [-0.3, -0.25) is 0 Å². The molecule has 1 nitrogen and oxygen atoms in total. The second-order valence-corrected chi connectivity index (χ2v) is 3.32. The summed E-state index contributed by atoms with van der Waals surface area (Å²) in [5.41, 5.74) is 0.137. The largest absolute Gasteiger partial charge is 0.204 e. The first-order valence-corrected chi connectivity index (χ1v) is 4.24. The van der Waals surface area contributed by atoms with E-state index in [0.717, 1.165) is 6.07 Å². The molecule has 4 heteroatoms. The first-order chi connectivity index (χ1) is 5.66. The van der Waals surface area contributed by atoms with Crippen LogP contribution in [0, 0.1) is 26.5 Å². The van der Waals surface area contributed by atoms with Crippen LogP contribution >= 0.6 is 22.6 Å². The molecule has 0 aliphatic rings. The molecule has 0 unspecified atom stereocenters. The topological polar surface area (TPSA) is 23.8 Å². The van der Waals surface area contributed by atoms with Crippen molar-refractivity contribution in [3.05, 3.63) is 32.9 Å². The van der Waals surface area contributed by atoms with E-state index < -0.39 is 11.6 Å². The summed E-state index contributed by atoms with van der Waals surface area (Å²) < 4.78 is 26.1. The molecule has 0 N–H and O–H groups in total. The van der Waals surface area contributed by atoms with Crippen molar-refractivity contribution in [3.63, 3.8) is 0 Å². The van der Waals surface area contributed by atoms with Crippen molar-refractivity contribution in [2.75, 3.05) is 0 Å². The maximum absolute atomic E-state index is 12.9. The van der Waals surface area contributed by atoms with Crippen LogP contribution in [0.3, 0.4) is 0 Å². The molecule has 0 bridgehead atoms. The van der Waals surface area contributed by atoms with Crippen LogP contribution in [0.25, 0.3) is 0 Å². The number of nitrogens with zero attached hydrogens (tertiary/aromatic N) is 1. The Labute approximate surface area is 82.1 Å². The van der Waals surface area contributed by atoms with Gasteiger partial charge >= 0.3 is 0 Å². The Morgan fingerprint density at radius 3 is 2.67 bits per heavy atom. The highest BCUT2D eigenvalue weighted by molar-refractivity contribution is 14.1. The molecular formula is C8H4F2IN. The van der Waals surface area contributed by atoms with Crippen molar-refractivity contribution in [1.29, 1.82) is 5.26 Å². The van der Waals surface area contributed by atoms with Gasteiger partial charge in [-0.2, -0.15) is 5.26 Å². The Balaban J connectivity index is 3.25. The van der Waals surface area contributed by atoms with Crippen molar-refractivity contribution < 1.29 is 8.78 Å². The highest BCUT2D eigenvalue weighted by Gasteiger charge is 2.10. The molecule has 1 aromatic carbocycles. The van der Waals surface area contributed by atoms with Gasteiger partial charge in [-0.1, -0.05) is 0 Å². The van der Waals surface area contributed by atoms with E-state index in [1.165, 1.54) is 6.07 Å². The lowest BCUT2D eigenvalue weighted by molar-refractivity contribution is 0.500.